The zero-order valence-corrected chi connectivity index (χ0v) is 12.7. The predicted molar refractivity (Wildman–Crippen MR) is 82.5 cm³/mol. The number of ether oxygens (including phenoxy) is 1. The van der Waals surface area contributed by atoms with Crippen molar-refractivity contribution in [2.75, 3.05) is 38.3 Å². The number of hydrogen-bond acceptors (Lipinski definition) is 4. The fourth-order valence-corrected chi connectivity index (χ4v) is 2.70. The molecule has 0 radical (unpaired) electrons. The van der Waals surface area contributed by atoms with Crippen LogP contribution < -0.4 is 10.2 Å². The van der Waals surface area contributed by atoms with E-state index in [0.717, 1.165) is 23.8 Å². The number of benzene rings is 1. The lowest BCUT2D eigenvalue weighted by Gasteiger charge is -2.27. The van der Waals surface area contributed by atoms with Crippen LogP contribution in [0.2, 0.25) is 5.02 Å². The van der Waals surface area contributed by atoms with Crippen molar-refractivity contribution in [3.05, 3.63) is 28.8 Å². The first-order valence-corrected chi connectivity index (χ1v) is 7.50. The van der Waals surface area contributed by atoms with E-state index >= 15 is 0 Å². The second kappa shape index (κ2) is 7.84. The molecule has 2 rings (SSSR count). The first-order valence-electron chi connectivity index (χ1n) is 7.12. The van der Waals surface area contributed by atoms with Crippen LogP contribution in [0.3, 0.4) is 0 Å². The van der Waals surface area contributed by atoms with Crippen LogP contribution in [0.15, 0.2) is 18.2 Å². The minimum atomic E-state index is 0.151. The Hall–Kier alpha value is -0.810. The highest BCUT2D eigenvalue weighted by atomic mass is 35.5. The van der Waals surface area contributed by atoms with E-state index in [1.165, 1.54) is 18.4 Å². The third-order valence-electron chi connectivity index (χ3n) is 3.48. The van der Waals surface area contributed by atoms with Gasteiger partial charge in [-0.2, -0.15) is 0 Å². The summed E-state index contributed by atoms with van der Waals surface area (Å²) in [6.07, 6.45) is 2.36. The molecule has 1 aromatic rings. The molecule has 0 unspecified atom stereocenters. The van der Waals surface area contributed by atoms with Crippen molar-refractivity contribution in [2.24, 2.45) is 0 Å². The van der Waals surface area contributed by atoms with Crippen molar-refractivity contribution in [1.29, 1.82) is 0 Å². The van der Waals surface area contributed by atoms with E-state index in [-0.39, 0.29) is 6.61 Å². The van der Waals surface area contributed by atoms with Crippen LogP contribution >= 0.6 is 11.6 Å². The summed E-state index contributed by atoms with van der Waals surface area (Å²) in [6, 6.07) is 6.51. The summed E-state index contributed by atoms with van der Waals surface area (Å²) in [5, 5.41) is 13.4. The SMILES string of the molecule is COCCNCc1cccc(Cl)c1N(CCO)C1CC1. The van der Waals surface area contributed by atoms with Crippen LogP contribution in [-0.4, -0.2) is 44.6 Å². The molecular weight excluding hydrogens is 276 g/mol. The first kappa shape index (κ1) is 15.6. The molecule has 2 N–H and O–H groups in total. The third kappa shape index (κ3) is 4.09. The van der Waals surface area contributed by atoms with E-state index < -0.39 is 0 Å². The molecule has 112 valence electrons. The Bertz CT molecular complexity index is 424. The number of aliphatic hydroxyl groups is 1. The zero-order valence-electron chi connectivity index (χ0n) is 11.9. The summed E-state index contributed by atoms with van der Waals surface area (Å²) < 4.78 is 5.04. The van der Waals surface area contributed by atoms with Crippen LogP contribution in [0, 0.1) is 0 Å². The zero-order chi connectivity index (χ0) is 14.4. The van der Waals surface area contributed by atoms with E-state index in [2.05, 4.69) is 16.3 Å². The van der Waals surface area contributed by atoms with Crippen molar-refractivity contribution in [2.45, 2.75) is 25.4 Å². The largest absolute Gasteiger partial charge is 0.395 e. The number of aliphatic hydroxyl groups excluding tert-OH is 1. The average molecular weight is 299 g/mol. The smallest absolute Gasteiger partial charge is 0.0643 e. The molecule has 0 bridgehead atoms. The van der Waals surface area contributed by atoms with Gasteiger partial charge in [0, 0.05) is 32.8 Å². The topological polar surface area (TPSA) is 44.7 Å². The maximum absolute atomic E-state index is 9.29. The van der Waals surface area contributed by atoms with Crippen LogP contribution in [0.25, 0.3) is 0 Å². The summed E-state index contributed by atoms with van der Waals surface area (Å²) in [5.74, 6) is 0. The molecule has 20 heavy (non-hydrogen) atoms. The minimum Gasteiger partial charge on any atom is -0.395 e. The van der Waals surface area contributed by atoms with Gasteiger partial charge in [-0.1, -0.05) is 23.7 Å². The van der Waals surface area contributed by atoms with E-state index in [0.29, 0.717) is 19.2 Å². The fraction of sp³-hybridized carbons (Fsp3) is 0.600. The molecule has 0 atom stereocenters. The Morgan fingerprint density at radius 2 is 2.25 bits per heavy atom. The lowest BCUT2D eigenvalue weighted by atomic mass is 10.1. The lowest BCUT2D eigenvalue weighted by Crippen LogP contribution is -2.31. The quantitative estimate of drug-likeness (QED) is 0.685. The molecule has 0 aromatic heterocycles. The molecule has 1 aliphatic carbocycles. The summed E-state index contributed by atoms with van der Waals surface area (Å²) >= 11 is 6.40. The highest BCUT2D eigenvalue weighted by molar-refractivity contribution is 6.33. The molecule has 0 saturated heterocycles. The van der Waals surface area contributed by atoms with Gasteiger partial charge in [-0.05, 0) is 24.5 Å². The van der Waals surface area contributed by atoms with Crippen molar-refractivity contribution in [3.63, 3.8) is 0 Å². The number of anilines is 1. The van der Waals surface area contributed by atoms with Crippen molar-refractivity contribution < 1.29 is 9.84 Å². The van der Waals surface area contributed by atoms with Gasteiger partial charge in [-0.3, -0.25) is 0 Å². The Balaban J connectivity index is 2.12. The Morgan fingerprint density at radius 3 is 2.90 bits per heavy atom. The monoisotopic (exact) mass is 298 g/mol. The van der Waals surface area contributed by atoms with Gasteiger partial charge in [0.2, 0.25) is 0 Å². The van der Waals surface area contributed by atoms with Crippen LogP contribution in [0.5, 0.6) is 0 Å². The number of halogens is 1. The Kier molecular flexibility index (Phi) is 6.10. The molecule has 0 spiro atoms. The summed E-state index contributed by atoms with van der Waals surface area (Å²) in [7, 11) is 1.70. The first-order chi connectivity index (χ1) is 9.77. The van der Waals surface area contributed by atoms with E-state index in [1.54, 1.807) is 7.11 Å². The molecule has 5 heteroatoms. The fourth-order valence-electron chi connectivity index (χ4n) is 2.39. The molecule has 1 saturated carbocycles. The summed E-state index contributed by atoms with van der Waals surface area (Å²) in [4.78, 5) is 2.25. The standard InChI is InChI=1S/C15H23ClN2O2/c1-20-10-7-17-11-12-3-2-4-14(16)15(12)18(8-9-19)13-5-6-13/h2-4,13,17,19H,5-11H2,1H3. The molecule has 1 aliphatic rings. The second-order valence-corrected chi connectivity index (χ2v) is 5.47. The van der Waals surface area contributed by atoms with Gasteiger partial charge in [0.25, 0.3) is 0 Å². The molecular formula is C15H23ClN2O2. The van der Waals surface area contributed by atoms with E-state index in [9.17, 15) is 5.11 Å². The lowest BCUT2D eigenvalue weighted by molar-refractivity contribution is 0.199. The molecule has 1 fully saturated rings. The number of para-hydroxylation sites is 1. The predicted octanol–water partition coefficient (Wildman–Crippen LogP) is 2.04. The number of nitrogens with zero attached hydrogens (tertiary/aromatic N) is 1. The Morgan fingerprint density at radius 1 is 1.45 bits per heavy atom. The van der Waals surface area contributed by atoms with Crippen molar-refractivity contribution >= 4 is 17.3 Å². The Labute approximate surface area is 125 Å². The van der Waals surface area contributed by atoms with Crippen LogP contribution in [0.1, 0.15) is 18.4 Å². The molecule has 4 nitrogen and oxygen atoms in total. The van der Waals surface area contributed by atoms with Crippen molar-refractivity contribution in [3.8, 4) is 0 Å². The van der Waals surface area contributed by atoms with Gasteiger partial charge in [-0.15, -0.1) is 0 Å². The maximum Gasteiger partial charge on any atom is 0.0643 e. The van der Waals surface area contributed by atoms with Crippen LogP contribution in [0.4, 0.5) is 5.69 Å². The third-order valence-corrected chi connectivity index (χ3v) is 3.79. The molecule has 0 heterocycles. The van der Waals surface area contributed by atoms with Gasteiger partial charge in [-0.25, -0.2) is 0 Å². The number of rotatable bonds is 9. The van der Waals surface area contributed by atoms with Gasteiger partial charge in [0.05, 0.1) is 23.9 Å². The maximum atomic E-state index is 9.29. The van der Waals surface area contributed by atoms with Gasteiger partial charge < -0.3 is 20.1 Å². The highest BCUT2D eigenvalue weighted by Crippen LogP contribution is 2.37. The minimum absolute atomic E-state index is 0.151. The highest BCUT2D eigenvalue weighted by Gasteiger charge is 2.31. The van der Waals surface area contributed by atoms with Gasteiger partial charge in [0.15, 0.2) is 0 Å². The number of hydrogen-bond donors (Lipinski definition) is 2. The van der Waals surface area contributed by atoms with E-state index in [1.807, 2.05) is 12.1 Å². The number of nitrogens with one attached hydrogen (secondary N) is 1. The number of methoxy groups -OCH3 is 1. The average Bonchev–Trinajstić information content (AvgIpc) is 3.26. The molecule has 1 aromatic carbocycles. The second-order valence-electron chi connectivity index (χ2n) is 5.07. The van der Waals surface area contributed by atoms with Gasteiger partial charge in [0.1, 0.15) is 0 Å². The van der Waals surface area contributed by atoms with Gasteiger partial charge >= 0.3 is 0 Å². The normalized spacial score (nSPS) is 14.6. The van der Waals surface area contributed by atoms with Crippen LogP contribution in [-0.2, 0) is 11.3 Å². The van der Waals surface area contributed by atoms with Crippen molar-refractivity contribution in [1.82, 2.24) is 5.32 Å². The summed E-state index contributed by atoms with van der Waals surface area (Å²) in [5.41, 5.74) is 2.24. The molecule has 0 amide bonds. The summed E-state index contributed by atoms with van der Waals surface area (Å²) in [6.45, 7) is 3.05. The molecule has 0 aliphatic heterocycles. The van der Waals surface area contributed by atoms with E-state index in [4.69, 9.17) is 16.3 Å².